The van der Waals surface area contributed by atoms with E-state index in [2.05, 4.69) is 0 Å². The fourth-order valence-electron chi connectivity index (χ4n) is 1.81. The van der Waals surface area contributed by atoms with Gasteiger partial charge in [-0.3, -0.25) is 5.01 Å². The Morgan fingerprint density at radius 1 is 1.24 bits per heavy atom. The molecular formula is C11H13F2N3O. The first-order valence-corrected chi connectivity index (χ1v) is 5.33. The molecule has 1 fully saturated rings. The molecule has 2 amide bonds. The predicted octanol–water partition coefficient (Wildman–Crippen LogP) is 1.47. The molecule has 0 spiro atoms. The Morgan fingerprint density at radius 3 is 2.71 bits per heavy atom. The lowest BCUT2D eigenvalue weighted by molar-refractivity contribution is 0.127. The van der Waals surface area contributed by atoms with E-state index in [1.165, 1.54) is 11.0 Å². The van der Waals surface area contributed by atoms with E-state index in [0.717, 1.165) is 23.6 Å². The molecule has 1 heterocycles. The van der Waals surface area contributed by atoms with Gasteiger partial charge in [0.2, 0.25) is 0 Å². The molecule has 6 heteroatoms. The molecule has 2 rings (SSSR count). The number of nitrogens with two attached hydrogens (primary N) is 1. The highest BCUT2D eigenvalue weighted by molar-refractivity contribution is 5.74. The minimum Gasteiger partial charge on any atom is -0.319 e. The number of hydrogen-bond donors (Lipinski definition) is 1. The van der Waals surface area contributed by atoms with E-state index in [0.29, 0.717) is 18.7 Å². The van der Waals surface area contributed by atoms with Crippen molar-refractivity contribution in [1.82, 2.24) is 9.91 Å². The lowest BCUT2D eigenvalue weighted by Crippen LogP contribution is -2.52. The molecule has 0 bridgehead atoms. The molecule has 0 aliphatic carbocycles. The third-order valence-corrected chi connectivity index (χ3v) is 2.70. The van der Waals surface area contributed by atoms with Crippen LogP contribution in [0.25, 0.3) is 0 Å². The number of urea groups is 1. The van der Waals surface area contributed by atoms with Crippen molar-refractivity contribution < 1.29 is 13.6 Å². The Hall–Kier alpha value is -1.69. The molecular weight excluding hydrogens is 228 g/mol. The maximum absolute atomic E-state index is 13.0. The van der Waals surface area contributed by atoms with Gasteiger partial charge in [-0.1, -0.05) is 6.07 Å². The summed E-state index contributed by atoms with van der Waals surface area (Å²) in [5.41, 5.74) is 0.549. The molecule has 17 heavy (non-hydrogen) atoms. The van der Waals surface area contributed by atoms with E-state index < -0.39 is 11.6 Å². The summed E-state index contributed by atoms with van der Waals surface area (Å²) in [6.45, 7) is 1.34. The van der Waals surface area contributed by atoms with Crippen LogP contribution in [-0.4, -0.2) is 29.0 Å². The van der Waals surface area contributed by atoms with E-state index in [1.807, 2.05) is 0 Å². The Bertz CT molecular complexity index is 439. The number of benzene rings is 1. The number of carbonyl (C=O) groups is 1. The van der Waals surface area contributed by atoms with Crippen molar-refractivity contribution in [3.63, 3.8) is 0 Å². The molecule has 1 aliphatic heterocycles. The van der Waals surface area contributed by atoms with Crippen LogP contribution < -0.4 is 5.84 Å². The average Bonchev–Trinajstić information content (AvgIpc) is 2.30. The van der Waals surface area contributed by atoms with Crippen LogP contribution in [0, 0.1) is 11.6 Å². The van der Waals surface area contributed by atoms with Gasteiger partial charge in [0, 0.05) is 19.6 Å². The number of halogens is 2. The highest BCUT2D eigenvalue weighted by Crippen LogP contribution is 2.14. The standard InChI is InChI=1S/C11H13F2N3O/c12-9-3-2-8(6-10(9)13)7-15-4-1-5-16(14)11(15)17/h2-3,6H,1,4-5,7,14H2. The van der Waals surface area contributed by atoms with Gasteiger partial charge < -0.3 is 4.90 Å². The number of amides is 2. The second-order valence-corrected chi connectivity index (χ2v) is 4.00. The van der Waals surface area contributed by atoms with E-state index >= 15 is 0 Å². The third kappa shape index (κ3) is 2.52. The van der Waals surface area contributed by atoms with Crippen LogP contribution in [0.3, 0.4) is 0 Å². The highest BCUT2D eigenvalue weighted by Gasteiger charge is 2.23. The smallest absolute Gasteiger partial charge is 0.319 e. The fourth-order valence-corrected chi connectivity index (χ4v) is 1.81. The zero-order valence-corrected chi connectivity index (χ0v) is 9.20. The van der Waals surface area contributed by atoms with E-state index in [4.69, 9.17) is 5.84 Å². The van der Waals surface area contributed by atoms with Crippen molar-refractivity contribution in [1.29, 1.82) is 0 Å². The van der Waals surface area contributed by atoms with Gasteiger partial charge in [0.25, 0.3) is 0 Å². The van der Waals surface area contributed by atoms with Crippen LogP contribution in [0.5, 0.6) is 0 Å². The number of hydrogen-bond acceptors (Lipinski definition) is 2. The maximum Gasteiger partial charge on any atom is 0.334 e. The van der Waals surface area contributed by atoms with Gasteiger partial charge in [-0.15, -0.1) is 0 Å². The highest BCUT2D eigenvalue weighted by atomic mass is 19.2. The molecule has 2 N–H and O–H groups in total. The summed E-state index contributed by atoms with van der Waals surface area (Å²) < 4.78 is 25.7. The van der Waals surface area contributed by atoms with Crippen molar-refractivity contribution in [3.8, 4) is 0 Å². The van der Waals surface area contributed by atoms with Crippen LogP contribution in [0.4, 0.5) is 13.6 Å². The molecule has 92 valence electrons. The summed E-state index contributed by atoms with van der Waals surface area (Å²) in [6.07, 6.45) is 0.770. The number of rotatable bonds is 2. The molecule has 0 radical (unpaired) electrons. The third-order valence-electron chi connectivity index (χ3n) is 2.70. The van der Waals surface area contributed by atoms with E-state index in [1.54, 1.807) is 0 Å². The lowest BCUT2D eigenvalue weighted by atomic mass is 10.2. The number of nitrogens with zero attached hydrogens (tertiary/aromatic N) is 2. The van der Waals surface area contributed by atoms with Crippen molar-refractivity contribution >= 4 is 6.03 Å². The summed E-state index contributed by atoms with van der Waals surface area (Å²) in [6, 6.07) is 3.32. The van der Waals surface area contributed by atoms with Crippen molar-refractivity contribution in [2.45, 2.75) is 13.0 Å². The van der Waals surface area contributed by atoms with Gasteiger partial charge in [0.05, 0.1) is 0 Å². The van der Waals surface area contributed by atoms with Crippen molar-refractivity contribution in [2.24, 2.45) is 5.84 Å². The molecule has 0 atom stereocenters. The minimum atomic E-state index is -0.906. The Labute approximate surface area is 97.6 Å². The number of hydrazine groups is 1. The first-order chi connectivity index (χ1) is 8.08. The van der Waals surface area contributed by atoms with Crippen LogP contribution in [-0.2, 0) is 6.54 Å². The first kappa shape index (κ1) is 11.8. The molecule has 4 nitrogen and oxygen atoms in total. The van der Waals surface area contributed by atoms with E-state index in [-0.39, 0.29) is 12.6 Å². The van der Waals surface area contributed by atoms with Crippen LogP contribution in [0.2, 0.25) is 0 Å². The summed E-state index contributed by atoms with van der Waals surface area (Å²) in [7, 11) is 0. The first-order valence-electron chi connectivity index (χ1n) is 5.33. The Balaban J connectivity index is 2.09. The Kier molecular flexibility index (Phi) is 3.23. The summed E-state index contributed by atoms with van der Waals surface area (Å²) in [5, 5.41) is 1.13. The zero-order chi connectivity index (χ0) is 12.4. The van der Waals surface area contributed by atoms with Gasteiger partial charge in [-0.25, -0.2) is 19.4 Å². The van der Waals surface area contributed by atoms with Gasteiger partial charge >= 0.3 is 6.03 Å². The SMILES string of the molecule is NN1CCCN(Cc2ccc(F)c(F)c2)C1=O. The normalized spacial score (nSPS) is 16.5. The largest absolute Gasteiger partial charge is 0.334 e. The van der Waals surface area contributed by atoms with Gasteiger partial charge in [0.15, 0.2) is 11.6 Å². The monoisotopic (exact) mass is 241 g/mol. The average molecular weight is 241 g/mol. The topological polar surface area (TPSA) is 49.6 Å². The molecule has 1 aromatic carbocycles. The van der Waals surface area contributed by atoms with Gasteiger partial charge in [0.1, 0.15) is 0 Å². The quantitative estimate of drug-likeness (QED) is 0.629. The molecule has 0 aromatic heterocycles. The summed E-state index contributed by atoms with van der Waals surface area (Å²) in [5.74, 6) is 3.69. The van der Waals surface area contributed by atoms with Crippen molar-refractivity contribution in [2.75, 3.05) is 13.1 Å². The van der Waals surface area contributed by atoms with Gasteiger partial charge in [-0.05, 0) is 24.1 Å². The summed E-state index contributed by atoms with van der Waals surface area (Å²) in [4.78, 5) is 13.2. The van der Waals surface area contributed by atoms with Gasteiger partial charge in [-0.2, -0.15) is 0 Å². The molecule has 0 saturated carbocycles. The molecule has 1 aromatic rings. The number of carbonyl (C=O) groups excluding carboxylic acids is 1. The van der Waals surface area contributed by atoms with Crippen LogP contribution >= 0.6 is 0 Å². The zero-order valence-electron chi connectivity index (χ0n) is 9.20. The summed E-state index contributed by atoms with van der Waals surface area (Å²) >= 11 is 0. The van der Waals surface area contributed by atoms with Crippen molar-refractivity contribution in [3.05, 3.63) is 35.4 Å². The predicted molar refractivity (Wildman–Crippen MR) is 57.7 cm³/mol. The van der Waals surface area contributed by atoms with E-state index in [9.17, 15) is 13.6 Å². The molecule has 1 saturated heterocycles. The second-order valence-electron chi connectivity index (χ2n) is 4.00. The van der Waals surface area contributed by atoms with Crippen LogP contribution in [0.1, 0.15) is 12.0 Å². The molecule has 0 unspecified atom stereocenters. The minimum absolute atomic E-state index is 0.240. The van der Waals surface area contributed by atoms with Crippen LogP contribution in [0.15, 0.2) is 18.2 Å². The maximum atomic E-state index is 13.0. The lowest BCUT2D eigenvalue weighted by Gasteiger charge is -2.32. The second kappa shape index (κ2) is 4.67. The Morgan fingerprint density at radius 2 is 2.00 bits per heavy atom. The molecule has 1 aliphatic rings. The fraction of sp³-hybridized carbons (Fsp3) is 0.364.